The standard InChI is InChI=1S/C17H17IN2O3/c1-11-4-3-5-12(2)17(11)23-10-16(22)20-19-9-13-6-7-15(21)14(18)8-13/h3-9,21H,10H2,1-2H3,(H,20,22). The molecule has 0 bridgehead atoms. The van der Waals surface area contributed by atoms with E-state index in [0.717, 1.165) is 26.0 Å². The monoisotopic (exact) mass is 424 g/mol. The maximum absolute atomic E-state index is 11.8. The van der Waals surface area contributed by atoms with E-state index in [-0.39, 0.29) is 18.3 Å². The van der Waals surface area contributed by atoms with Gasteiger partial charge >= 0.3 is 0 Å². The minimum Gasteiger partial charge on any atom is -0.507 e. The third-order valence-electron chi connectivity index (χ3n) is 3.13. The van der Waals surface area contributed by atoms with Crippen molar-refractivity contribution in [2.75, 3.05) is 6.61 Å². The van der Waals surface area contributed by atoms with E-state index in [1.54, 1.807) is 18.2 Å². The molecule has 23 heavy (non-hydrogen) atoms. The lowest BCUT2D eigenvalue weighted by molar-refractivity contribution is -0.123. The molecule has 0 aromatic heterocycles. The molecular weight excluding hydrogens is 407 g/mol. The number of hydrazone groups is 1. The third kappa shape index (κ3) is 4.95. The highest BCUT2D eigenvalue weighted by molar-refractivity contribution is 14.1. The van der Waals surface area contributed by atoms with E-state index >= 15 is 0 Å². The Morgan fingerprint density at radius 3 is 2.65 bits per heavy atom. The zero-order valence-electron chi connectivity index (χ0n) is 12.8. The van der Waals surface area contributed by atoms with Crippen LogP contribution in [0.4, 0.5) is 0 Å². The first-order chi connectivity index (χ1) is 11.0. The summed E-state index contributed by atoms with van der Waals surface area (Å²) in [6, 6.07) is 10.9. The minimum absolute atomic E-state index is 0.101. The molecule has 2 aromatic carbocycles. The number of aryl methyl sites for hydroxylation is 2. The molecule has 2 aromatic rings. The normalized spacial score (nSPS) is 10.7. The van der Waals surface area contributed by atoms with Crippen molar-refractivity contribution >= 4 is 34.7 Å². The number of rotatable bonds is 5. The Labute approximate surface area is 148 Å². The van der Waals surface area contributed by atoms with Gasteiger partial charge in [0.25, 0.3) is 5.91 Å². The van der Waals surface area contributed by atoms with E-state index in [4.69, 9.17) is 4.74 Å². The molecule has 5 nitrogen and oxygen atoms in total. The summed E-state index contributed by atoms with van der Waals surface area (Å²) < 4.78 is 6.27. The SMILES string of the molecule is Cc1cccc(C)c1OCC(=O)NN=Cc1ccc(O)c(I)c1. The lowest BCUT2D eigenvalue weighted by atomic mass is 10.1. The Hall–Kier alpha value is -2.09. The molecule has 2 N–H and O–H groups in total. The van der Waals surface area contributed by atoms with Gasteiger partial charge in [0.05, 0.1) is 9.78 Å². The zero-order valence-corrected chi connectivity index (χ0v) is 15.0. The second-order valence-electron chi connectivity index (χ2n) is 5.01. The minimum atomic E-state index is -0.336. The van der Waals surface area contributed by atoms with E-state index in [1.807, 2.05) is 54.6 Å². The first kappa shape index (κ1) is 17.3. The van der Waals surface area contributed by atoms with E-state index < -0.39 is 0 Å². The van der Waals surface area contributed by atoms with Crippen LogP contribution in [0, 0.1) is 17.4 Å². The molecule has 0 aliphatic rings. The fourth-order valence-electron chi connectivity index (χ4n) is 1.98. The summed E-state index contributed by atoms with van der Waals surface area (Å²) in [7, 11) is 0. The molecular formula is C17H17IN2O3. The van der Waals surface area contributed by atoms with Crippen LogP contribution in [0.5, 0.6) is 11.5 Å². The topological polar surface area (TPSA) is 70.9 Å². The molecule has 0 unspecified atom stereocenters. The number of aromatic hydroxyl groups is 1. The molecule has 120 valence electrons. The van der Waals surface area contributed by atoms with E-state index in [9.17, 15) is 9.90 Å². The number of phenolic OH excluding ortho intramolecular Hbond substituents is 1. The van der Waals surface area contributed by atoms with E-state index in [0.29, 0.717) is 0 Å². The van der Waals surface area contributed by atoms with Gasteiger partial charge in [0, 0.05) is 0 Å². The van der Waals surface area contributed by atoms with E-state index in [1.165, 1.54) is 6.21 Å². The van der Waals surface area contributed by atoms with Crippen LogP contribution in [0.1, 0.15) is 16.7 Å². The number of amides is 1. The fourth-order valence-corrected chi connectivity index (χ4v) is 2.52. The van der Waals surface area contributed by atoms with Crippen molar-refractivity contribution in [2.45, 2.75) is 13.8 Å². The largest absolute Gasteiger partial charge is 0.507 e. The van der Waals surface area contributed by atoms with Crippen molar-refractivity contribution in [3.63, 3.8) is 0 Å². The zero-order chi connectivity index (χ0) is 16.8. The Kier molecular flexibility index (Phi) is 5.97. The van der Waals surface area contributed by atoms with Crippen molar-refractivity contribution in [3.8, 4) is 11.5 Å². The summed E-state index contributed by atoms with van der Waals surface area (Å²) in [5.41, 5.74) is 5.17. The quantitative estimate of drug-likeness (QED) is 0.440. The molecule has 1 amide bonds. The average Bonchev–Trinajstić information content (AvgIpc) is 2.50. The molecule has 0 fully saturated rings. The molecule has 0 heterocycles. The molecule has 0 saturated heterocycles. The second-order valence-corrected chi connectivity index (χ2v) is 6.18. The van der Waals surface area contributed by atoms with Crippen molar-refractivity contribution in [1.29, 1.82) is 0 Å². The van der Waals surface area contributed by atoms with Crippen LogP contribution in [-0.2, 0) is 4.79 Å². The molecule has 0 atom stereocenters. The Morgan fingerprint density at radius 2 is 2.00 bits per heavy atom. The summed E-state index contributed by atoms with van der Waals surface area (Å²) in [5.74, 6) is 0.603. The van der Waals surface area contributed by atoms with Crippen LogP contribution < -0.4 is 10.2 Å². The number of halogens is 1. The number of benzene rings is 2. The summed E-state index contributed by atoms with van der Waals surface area (Å²) in [5, 5.41) is 13.3. The Morgan fingerprint density at radius 1 is 1.30 bits per heavy atom. The first-order valence-electron chi connectivity index (χ1n) is 6.97. The van der Waals surface area contributed by atoms with Gasteiger partial charge in [-0.3, -0.25) is 4.79 Å². The Balaban J connectivity index is 1.87. The van der Waals surface area contributed by atoms with Gasteiger partial charge in [-0.05, 0) is 71.3 Å². The number of carbonyl (C=O) groups excluding carboxylic acids is 1. The van der Waals surface area contributed by atoms with Gasteiger partial charge in [0.15, 0.2) is 6.61 Å². The lowest BCUT2D eigenvalue weighted by Gasteiger charge is -2.10. The number of ether oxygens (including phenoxy) is 1. The van der Waals surface area contributed by atoms with Gasteiger partial charge in [0.1, 0.15) is 11.5 Å². The van der Waals surface area contributed by atoms with Crippen molar-refractivity contribution in [1.82, 2.24) is 5.43 Å². The summed E-state index contributed by atoms with van der Waals surface area (Å²) in [6.07, 6.45) is 1.51. The number of hydrogen-bond acceptors (Lipinski definition) is 4. The predicted molar refractivity (Wildman–Crippen MR) is 98.0 cm³/mol. The summed E-state index contributed by atoms with van der Waals surface area (Å²) in [6.45, 7) is 3.77. The van der Waals surface area contributed by atoms with Gasteiger partial charge in [-0.2, -0.15) is 5.10 Å². The smallest absolute Gasteiger partial charge is 0.277 e. The van der Waals surface area contributed by atoms with Gasteiger partial charge < -0.3 is 9.84 Å². The van der Waals surface area contributed by atoms with Crippen molar-refractivity contribution in [2.24, 2.45) is 5.10 Å². The van der Waals surface area contributed by atoms with Gasteiger partial charge in [-0.1, -0.05) is 18.2 Å². The molecule has 0 radical (unpaired) electrons. The van der Waals surface area contributed by atoms with Crippen molar-refractivity contribution < 1.29 is 14.6 Å². The third-order valence-corrected chi connectivity index (χ3v) is 4.00. The molecule has 0 spiro atoms. The van der Waals surface area contributed by atoms with E-state index in [2.05, 4.69) is 10.5 Å². The van der Waals surface area contributed by atoms with Gasteiger partial charge in [-0.25, -0.2) is 5.43 Å². The number of nitrogens with zero attached hydrogens (tertiary/aromatic N) is 1. The number of phenols is 1. The predicted octanol–water partition coefficient (Wildman–Crippen LogP) is 3.14. The molecule has 0 saturated carbocycles. The van der Waals surface area contributed by atoms with Crippen LogP contribution >= 0.6 is 22.6 Å². The maximum Gasteiger partial charge on any atom is 0.277 e. The highest BCUT2D eigenvalue weighted by atomic mass is 127. The Bertz CT molecular complexity index is 724. The molecule has 6 heteroatoms. The van der Waals surface area contributed by atoms with Crippen LogP contribution in [0.3, 0.4) is 0 Å². The number of hydrogen-bond donors (Lipinski definition) is 2. The fraction of sp³-hybridized carbons (Fsp3) is 0.176. The van der Waals surface area contributed by atoms with Crippen LogP contribution in [0.15, 0.2) is 41.5 Å². The van der Waals surface area contributed by atoms with Gasteiger partial charge in [-0.15, -0.1) is 0 Å². The average molecular weight is 424 g/mol. The van der Waals surface area contributed by atoms with Gasteiger partial charge in [0.2, 0.25) is 0 Å². The number of nitrogens with one attached hydrogen (secondary N) is 1. The molecule has 2 rings (SSSR count). The summed E-state index contributed by atoms with van der Waals surface area (Å²) in [4.78, 5) is 11.8. The summed E-state index contributed by atoms with van der Waals surface area (Å²) >= 11 is 2.02. The first-order valence-corrected chi connectivity index (χ1v) is 8.04. The van der Waals surface area contributed by atoms with Crippen LogP contribution in [-0.4, -0.2) is 23.8 Å². The molecule has 0 aliphatic heterocycles. The number of carbonyl (C=O) groups is 1. The van der Waals surface area contributed by atoms with Crippen molar-refractivity contribution in [3.05, 3.63) is 56.7 Å². The maximum atomic E-state index is 11.8. The molecule has 0 aliphatic carbocycles. The number of para-hydroxylation sites is 1. The second kappa shape index (κ2) is 7.96. The highest BCUT2D eigenvalue weighted by Crippen LogP contribution is 2.22. The van der Waals surface area contributed by atoms with Crippen LogP contribution in [0.25, 0.3) is 0 Å². The highest BCUT2D eigenvalue weighted by Gasteiger charge is 2.06. The van der Waals surface area contributed by atoms with Crippen LogP contribution in [0.2, 0.25) is 0 Å². The lowest BCUT2D eigenvalue weighted by Crippen LogP contribution is -2.25.